The molecule has 0 aromatic carbocycles. The van der Waals surface area contributed by atoms with Crippen molar-refractivity contribution in [1.82, 2.24) is 19.5 Å². The molecule has 140 valence electrons. The fourth-order valence-electron chi connectivity index (χ4n) is 3.31. The highest BCUT2D eigenvalue weighted by atomic mass is 16.8. The summed E-state index contributed by atoms with van der Waals surface area (Å²) in [5.74, 6) is -0.904. The molecule has 0 bridgehead atoms. The van der Waals surface area contributed by atoms with Crippen molar-refractivity contribution in [2.75, 3.05) is 12.3 Å². The summed E-state index contributed by atoms with van der Waals surface area (Å²) >= 11 is 0. The number of fused-ring (bicyclic) bond motifs is 2. The minimum Gasteiger partial charge on any atom is -0.447 e. The lowest BCUT2D eigenvalue weighted by Crippen LogP contribution is -2.34. The van der Waals surface area contributed by atoms with Crippen molar-refractivity contribution in [3.05, 3.63) is 16.7 Å². The van der Waals surface area contributed by atoms with E-state index in [-0.39, 0.29) is 23.7 Å². The lowest BCUT2D eigenvalue weighted by atomic mass is 10.1. The van der Waals surface area contributed by atoms with Crippen LogP contribution in [-0.4, -0.2) is 56.3 Å². The number of nitrogens with one attached hydrogen (secondary N) is 1. The van der Waals surface area contributed by atoms with Crippen LogP contribution in [0.25, 0.3) is 11.2 Å². The largest absolute Gasteiger partial charge is 0.447 e. The molecule has 0 spiro atoms. The van der Waals surface area contributed by atoms with E-state index in [1.807, 2.05) is 0 Å². The van der Waals surface area contributed by atoms with Crippen LogP contribution < -0.4 is 17.0 Å². The van der Waals surface area contributed by atoms with E-state index in [9.17, 15) is 9.59 Å². The molecular formula is C14H18N6O6. The Kier molecular flexibility index (Phi) is 3.64. The summed E-state index contributed by atoms with van der Waals surface area (Å²) in [6.07, 6.45) is -1.86. The molecule has 5 N–H and O–H groups in total. The molecule has 4 rings (SSSR count). The van der Waals surface area contributed by atoms with Crippen molar-refractivity contribution in [2.24, 2.45) is 5.73 Å². The van der Waals surface area contributed by atoms with E-state index >= 15 is 0 Å². The number of carbonyl (C=O) groups excluding carboxylic acids is 1. The number of amides is 1. The highest BCUT2D eigenvalue weighted by Crippen LogP contribution is 2.43. The Morgan fingerprint density at radius 2 is 2.15 bits per heavy atom. The summed E-state index contributed by atoms with van der Waals surface area (Å²) in [7, 11) is 0. The molecule has 2 aliphatic rings. The second-order valence-electron chi connectivity index (χ2n) is 6.54. The van der Waals surface area contributed by atoms with E-state index in [0.29, 0.717) is 0 Å². The average molecular weight is 366 g/mol. The number of aromatic nitrogens is 4. The molecule has 4 heterocycles. The van der Waals surface area contributed by atoms with Crippen molar-refractivity contribution in [1.29, 1.82) is 0 Å². The third kappa shape index (κ3) is 2.67. The SMILES string of the molecule is CC1(C)O[C@@H]2[C@H](O1)[C@@H](COC(N)=O)O[C@H]2n1cnc2c(=O)[nH]c(N)nc21. The zero-order valence-electron chi connectivity index (χ0n) is 14.0. The minimum absolute atomic E-state index is 0.0451. The summed E-state index contributed by atoms with van der Waals surface area (Å²) in [6.45, 7) is 3.43. The Bertz CT molecular complexity index is 922. The van der Waals surface area contributed by atoms with Gasteiger partial charge in [-0.2, -0.15) is 4.98 Å². The van der Waals surface area contributed by atoms with Gasteiger partial charge in [0.25, 0.3) is 5.56 Å². The normalized spacial score (nSPS) is 29.8. The van der Waals surface area contributed by atoms with E-state index < -0.39 is 42.0 Å². The predicted molar refractivity (Wildman–Crippen MR) is 85.8 cm³/mol. The van der Waals surface area contributed by atoms with Crippen LogP contribution in [0.2, 0.25) is 0 Å². The van der Waals surface area contributed by atoms with Crippen LogP contribution in [0.4, 0.5) is 10.7 Å². The standard InChI is InChI=1S/C14H18N6O6/c1-14(2)25-7-5(3-23-13(16)22)24-11(8(7)26-14)20-4-17-6-9(20)18-12(15)19-10(6)21/h4-5,7-8,11H,3H2,1-2H3,(H2,16,22)(H3,15,18,19,21)/t5-,7-,8-,11-/m1/s1. The number of hydrogen-bond acceptors (Lipinski definition) is 9. The molecule has 0 aliphatic carbocycles. The van der Waals surface area contributed by atoms with Crippen LogP contribution in [-0.2, 0) is 18.9 Å². The lowest BCUT2D eigenvalue weighted by molar-refractivity contribution is -0.199. The highest BCUT2D eigenvalue weighted by molar-refractivity contribution is 5.70. The maximum atomic E-state index is 12.0. The van der Waals surface area contributed by atoms with Crippen LogP contribution in [0, 0.1) is 0 Å². The van der Waals surface area contributed by atoms with Gasteiger partial charge < -0.3 is 30.4 Å². The van der Waals surface area contributed by atoms with Gasteiger partial charge in [-0.15, -0.1) is 0 Å². The molecule has 2 saturated heterocycles. The number of anilines is 1. The number of rotatable bonds is 3. The van der Waals surface area contributed by atoms with Crippen molar-refractivity contribution in [2.45, 2.75) is 44.2 Å². The minimum atomic E-state index is -0.916. The van der Waals surface area contributed by atoms with Crippen LogP contribution in [0.3, 0.4) is 0 Å². The maximum Gasteiger partial charge on any atom is 0.404 e. The first-order valence-electron chi connectivity index (χ1n) is 7.91. The number of imidazole rings is 1. The quantitative estimate of drug-likeness (QED) is 0.630. The van der Waals surface area contributed by atoms with E-state index in [2.05, 4.69) is 15.0 Å². The van der Waals surface area contributed by atoms with E-state index in [1.54, 1.807) is 18.4 Å². The third-order valence-electron chi connectivity index (χ3n) is 4.24. The molecule has 12 heteroatoms. The Morgan fingerprint density at radius 3 is 2.88 bits per heavy atom. The van der Waals surface area contributed by atoms with Gasteiger partial charge in [0.2, 0.25) is 5.95 Å². The van der Waals surface area contributed by atoms with Gasteiger partial charge in [-0.05, 0) is 13.8 Å². The number of ether oxygens (including phenoxy) is 4. The van der Waals surface area contributed by atoms with Crippen molar-refractivity contribution >= 4 is 23.2 Å². The first-order valence-corrected chi connectivity index (χ1v) is 7.91. The molecule has 0 unspecified atom stereocenters. The summed E-state index contributed by atoms with van der Waals surface area (Å²) in [5.41, 5.74) is 10.6. The lowest BCUT2D eigenvalue weighted by Gasteiger charge is -2.24. The van der Waals surface area contributed by atoms with Gasteiger partial charge in [-0.1, -0.05) is 0 Å². The Hall–Kier alpha value is -2.70. The molecule has 12 nitrogen and oxygen atoms in total. The molecule has 1 amide bonds. The summed E-state index contributed by atoms with van der Waals surface area (Å²) < 4.78 is 24.2. The Labute approximate surface area is 146 Å². The maximum absolute atomic E-state index is 12.0. The van der Waals surface area contributed by atoms with Crippen LogP contribution in [0.15, 0.2) is 11.1 Å². The number of aromatic amines is 1. The van der Waals surface area contributed by atoms with Gasteiger partial charge in [-0.25, -0.2) is 9.78 Å². The van der Waals surface area contributed by atoms with Gasteiger partial charge in [0, 0.05) is 0 Å². The number of nitrogens with two attached hydrogens (primary N) is 2. The van der Waals surface area contributed by atoms with Crippen molar-refractivity contribution < 1.29 is 23.7 Å². The van der Waals surface area contributed by atoms with E-state index in [0.717, 1.165) is 0 Å². The topological polar surface area (TPSA) is 170 Å². The zero-order chi connectivity index (χ0) is 18.6. The molecule has 2 aromatic heterocycles. The smallest absolute Gasteiger partial charge is 0.404 e. The number of nitrogen functional groups attached to an aromatic ring is 1. The second kappa shape index (κ2) is 5.65. The van der Waals surface area contributed by atoms with Crippen LogP contribution in [0.5, 0.6) is 0 Å². The Morgan fingerprint density at radius 1 is 1.42 bits per heavy atom. The van der Waals surface area contributed by atoms with Gasteiger partial charge >= 0.3 is 6.09 Å². The van der Waals surface area contributed by atoms with Crippen molar-refractivity contribution in [3.63, 3.8) is 0 Å². The zero-order valence-corrected chi connectivity index (χ0v) is 14.0. The predicted octanol–water partition coefficient (Wildman–Crippen LogP) is -0.785. The number of primary amides is 1. The first-order chi connectivity index (χ1) is 12.2. The average Bonchev–Trinajstić information content (AvgIpc) is 3.16. The molecule has 4 atom stereocenters. The Balaban J connectivity index is 1.72. The molecule has 0 radical (unpaired) electrons. The van der Waals surface area contributed by atoms with Gasteiger partial charge in [0.15, 0.2) is 23.2 Å². The molecule has 26 heavy (non-hydrogen) atoms. The van der Waals surface area contributed by atoms with E-state index in [1.165, 1.54) is 6.33 Å². The molecule has 2 fully saturated rings. The van der Waals surface area contributed by atoms with Crippen LogP contribution in [0.1, 0.15) is 20.1 Å². The van der Waals surface area contributed by atoms with Gasteiger partial charge in [0.1, 0.15) is 24.9 Å². The fourth-order valence-corrected chi connectivity index (χ4v) is 3.31. The number of nitrogens with zero attached hydrogens (tertiary/aromatic N) is 3. The monoisotopic (exact) mass is 366 g/mol. The van der Waals surface area contributed by atoms with Gasteiger partial charge in [0.05, 0.1) is 6.33 Å². The summed E-state index contributed by atoms with van der Waals surface area (Å²) in [6, 6.07) is 0. The molecule has 2 aliphatic heterocycles. The first kappa shape index (κ1) is 16.8. The van der Waals surface area contributed by atoms with Gasteiger partial charge in [-0.3, -0.25) is 14.3 Å². The third-order valence-corrected chi connectivity index (χ3v) is 4.24. The fraction of sp³-hybridized carbons (Fsp3) is 0.571. The summed E-state index contributed by atoms with van der Waals surface area (Å²) in [5, 5.41) is 0. The number of H-pyrrole nitrogens is 1. The van der Waals surface area contributed by atoms with E-state index in [4.69, 9.17) is 30.4 Å². The summed E-state index contributed by atoms with van der Waals surface area (Å²) in [4.78, 5) is 33.5. The molecule has 2 aromatic rings. The highest BCUT2D eigenvalue weighted by Gasteiger charge is 2.56. The molecular weight excluding hydrogens is 348 g/mol. The van der Waals surface area contributed by atoms with Crippen LogP contribution >= 0.6 is 0 Å². The van der Waals surface area contributed by atoms with Crippen molar-refractivity contribution in [3.8, 4) is 0 Å². The molecule has 0 saturated carbocycles. The number of hydrogen-bond donors (Lipinski definition) is 3. The number of carbonyl (C=O) groups is 1. The second-order valence-corrected chi connectivity index (χ2v) is 6.54.